The van der Waals surface area contributed by atoms with E-state index >= 15 is 0 Å². The van der Waals surface area contributed by atoms with E-state index in [1.54, 1.807) is 12.1 Å². The van der Waals surface area contributed by atoms with Gasteiger partial charge in [-0.1, -0.05) is 78.9 Å². The van der Waals surface area contributed by atoms with E-state index in [0.29, 0.717) is 12.8 Å². The van der Waals surface area contributed by atoms with Gasteiger partial charge in [0.25, 0.3) is 0 Å². The van der Waals surface area contributed by atoms with Crippen LogP contribution in [0, 0.1) is 5.92 Å². The lowest BCUT2D eigenvalue weighted by molar-refractivity contribution is -0.147. The number of rotatable bonds is 11. The van der Waals surface area contributed by atoms with Crippen molar-refractivity contribution in [2.24, 2.45) is 5.92 Å². The average molecular weight is 543 g/mol. The van der Waals surface area contributed by atoms with Gasteiger partial charge in [0.05, 0.1) is 6.42 Å². The Kier molecular flexibility index (Phi) is 8.10. The van der Waals surface area contributed by atoms with E-state index in [4.69, 9.17) is 9.47 Å². The lowest BCUT2D eigenvalue weighted by atomic mass is 9.98. The SMILES string of the molecule is O=C(C[C@H](NC(=O)OCC1c2ccccc2-c2ccccc21)C(=O)NC(C(=O)O)C1CC1)OCc1ccccc1. The van der Waals surface area contributed by atoms with Gasteiger partial charge in [0.15, 0.2) is 0 Å². The standard InChI is InChI=1S/C31H30N2O7/c34-27(39-17-19-8-2-1-3-9-19)16-26(29(35)33-28(30(36)37)20-14-15-20)32-31(38)40-18-25-23-12-6-4-10-21(23)22-11-5-7-13-24(22)25/h1-13,20,25-26,28H,14-18H2,(H,32,38)(H,33,35)(H,36,37)/t26-,28?/m0/s1. The van der Waals surface area contributed by atoms with Gasteiger partial charge in [-0.05, 0) is 46.6 Å². The molecule has 2 amide bonds. The Morgan fingerprint density at radius 1 is 0.800 bits per heavy atom. The maximum atomic E-state index is 13.1. The number of alkyl carbamates (subject to hydrolysis) is 1. The van der Waals surface area contributed by atoms with Crippen molar-refractivity contribution in [1.82, 2.24) is 10.6 Å². The molecule has 2 aliphatic carbocycles. The molecule has 206 valence electrons. The lowest BCUT2D eigenvalue weighted by Gasteiger charge is -2.21. The molecule has 0 spiro atoms. The van der Waals surface area contributed by atoms with Crippen molar-refractivity contribution in [3.63, 3.8) is 0 Å². The zero-order valence-corrected chi connectivity index (χ0v) is 21.7. The number of benzene rings is 3. The number of carbonyl (C=O) groups excluding carboxylic acids is 3. The summed E-state index contributed by atoms with van der Waals surface area (Å²) in [6.07, 6.45) is -0.0159. The zero-order chi connectivity index (χ0) is 28.1. The van der Waals surface area contributed by atoms with Gasteiger partial charge in [0, 0.05) is 5.92 Å². The Balaban J connectivity index is 1.24. The summed E-state index contributed by atoms with van der Waals surface area (Å²) in [4.78, 5) is 50.2. The second-order valence-corrected chi connectivity index (χ2v) is 10.0. The van der Waals surface area contributed by atoms with Crippen LogP contribution in [0.15, 0.2) is 78.9 Å². The molecule has 5 rings (SSSR count). The molecular weight excluding hydrogens is 512 g/mol. The third kappa shape index (κ3) is 6.31. The van der Waals surface area contributed by atoms with Gasteiger partial charge in [0.2, 0.25) is 5.91 Å². The summed E-state index contributed by atoms with van der Waals surface area (Å²) in [6, 6.07) is 22.4. The summed E-state index contributed by atoms with van der Waals surface area (Å²) in [5.74, 6) is -3.04. The molecule has 2 aliphatic rings. The van der Waals surface area contributed by atoms with Crippen molar-refractivity contribution in [3.05, 3.63) is 95.6 Å². The van der Waals surface area contributed by atoms with Gasteiger partial charge in [-0.3, -0.25) is 9.59 Å². The van der Waals surface area contributed by atoms with Gasteiger partial charge in [-0.25, -0.2) is 9.59 Å². The Morgan fingerprint density at radius 3 is 2.00 bits per heavy atom. The number of amides is 2. The van der Waals surface area contributed by atoms with E-state index in [2.05, 4.69) is 10.6 Å². The number of fused-ring (bicyclic) bond motifs is 3. The number of esters is 1. The summed E-state index contributed by atoms with van der Waals surface area (Å²) in [5, 5.41) is 14.5. The molecule has 3 aromatic rings. The Morgan fingerprint density at radius 2 is 1.40 bits per heavy atom. The molecule has 0 aromatic heterocycles. The lowest BCUT2D eigenvalue weighted by Crippen LogP contribution is -2.53. The minimum absolute atomic E-state index is 0.00121. The number of aliphatic carboxylic acids is 1. The van der Waals surface area contributed by atoms with E-state index in [0.717, 1.165) is 27.8 Å². The fourth-order valence-electron chi connectivity index (χ4n) is 5.02. The monoisotopic (exact) mass is 542 g/mol. The molecule has 0 radical (unpaired) electrons. The predicted molar refractivity (Wildman–Crippen MR) is 145 cm³/mol. The molecule has 1 fully saturated rings. The van der Waals surface area contributed by atoms with E-state index in [-0.39, 0.29) is 25.0 Å². The molecule has 9 nitrogen and oxygen atoms in total. The van der Waals surface area contributed by atoms with Crippen molar-refractivity contribution in [2.45, 2.75) is 43.9 Å². The summed E-state index contributed by atoms with van der Waals surface area (Å²) < 4.78 is 10.8. The Hall–Kier alpha value is -4.66. The molecule has 40 heavy (non-hydrogen) atoms. The molecular formula is C31H30N2O7. The first-order chi connectivity index (χ1) is 19.4. The number of hydrogen-bond acceptors (Lipinski definition) is 6. The predicted octanol–water partition coefficient (Wildman–Crippen LogP) is 4.01. The zero-order valence-electron chi connectivity index (χ0n) is 21.7. The number of hydrogen-bond donors (Lipinski definition) is 3. The maximum Gasteiger partial charge on any atom is 0.407 e. The van der Waals surface area contributed by atoms with Gasteiger partial charge in [0.1, 0.15) is 25.3 Å². The van der Waals surface area contributed by atoms with Crippen LogP contribution in [0.5, 0.6) is 0 Å². The highest BCUT2D eigenvalue weighted by atomic mass is 16.5. The molecule has 1 saturated carbocycles. The highest BCUT2D eigenvalue weighted by Gasteiger charge is 2.39. The number of nitrogens with one attached hydrogen (secondary N) is 2. The number of ether oxygens (including phenoxy) is 2. The van der Waals surface area contributed by atoms with Crippen LogP contribution < -0.4 is 10.6 Å². The van der Waals surface area contributed by atoms with Crippen molar-refractivity contribution < 1.29 is 33.8 Å². The van der Waals surface area contributed by atoms with Crippen LogP contribution in [-0.2, 0) is 30.5 Å². The minimum Gasteiger partial charge on any atom is -0.480 e. The number of carbonyl (C=O) groups is 4. The first-order valence-corrected chi connectivity index (χ1v) is 13.2. The van der Waals surface area contributed by atoms with Crippen molar-refractivity contribution in [3.8, 4) is 11.1 Å². The molecule has 3 aromatic carbocycles. The first kappa shape index (κ1) is 26.9. The maximum absolute atomic E-state index is 13.1. The molecule has 2 atom stereocenters. The summed E-state index contributed by atoms with van der Waals surface area (Å²) in [6.45, 7) is 0.0191. The second-order valence-electron chi connectivity index (χ2n) is 10.0. The third-order valence-corrected chi connectivity index (χ3v) is 7.22. The van der Waals surface area contributed by atoms with E-state index < -0.39 is 42.4 Å². The molecule has 1 unspecified atom stereocenters. The summed E-state index contributed by atoms with van der Waals surface area (Å²) in [7, 11) is 0. The number of carboxylic acids is 1. The van der Waals surface area contributed by atoms with Crippen molar-refractivity contribution >= 4 is 23.9 Å². The smallest absolute Gasteiger partial charge is 0.407 e. The van der Waals surface area contributed by atoms with Crippen LogP contribution in [0.3, 0.4) is 0 Å². The van der Waals surface area contributed by atoms with Crippen LogP contribution in [0.2, 0.25) is 0 Å². The molecule has 0 heterocycles. The van der Waals surface area contributed by atoms with Crippen LogP contribution >= 0.6 is 0 Å². The normalized spacial score (nSPS) is 15.2. The molecule has 0 aliphatic heterocycles. The molecule has 3 N–H and O–H groups in total. The largest absolute Gasteiger partial charge is 0.480 e. The fraction of sp³-hybridized carbons (Fsp3) is 0.290. The van der Waals surface area contributed by atoms with Crippen molar-refractivity contribution in [2.75, 3.05) is 6.61 Å². The van der Waals surface area contributed by atoms with E-state index in [9.17, 15) is 24.3 Å². The van der Waals surface area contributed by atoms with Crippen LogP contribution in [0.25, 0.3) is 11.1 Å². The second kappa shape index (κ2) is 12.0. The first-order valence-electron chi connectivity index (χ1n) is 13.2. The van der Waals surface area contributed by atoms with Crippen LogP contribution in [0.1, 0.15) is 41.9 Å². The van der Waals surface area contributed by atoms with E-state index in [1.807, 2.05) is 66.7 Å². The van der Waals surface area contributed by atoms with E-state index in [1.165, 1.54) is 0 Å². The van der Waals surface area contributed by atoms with Gasteiger partial charge in [-0.2, -0.15) is 0 Å². The van der Waals surface area contributed by atoms with Crippen molar-refractivity contribution in [1.29, 1.82) is 0 Å². The Bertz CT molecular complexity index is 1360. The summed E-state index contributed by atoms with van der Waals surface area (Å²) in [5.41, 5.74) is 4.98. The molecule has 0 bridgehead atoms. The highest BCUT2D eigenvalue weighted by molar-refractivity contribution is 5.92. The topological polar surface area (TPSA) is 131 Å². The quantitative estimate of drug-likeness (QED) is 0.312. The van der Waals surface area contributed by atoms with Crippen LogP contribution in [0.4, 0.5) is 4.79 Å². The van der Waals surface area contributed by atoms with Gasteiger partial charge < -0.3 is 25.2 Å². The number of carboxylic acid groups (broad SMARTS) is 1. The van der Waals surface area contributed by atoms with Crippen LogP contribution in [-0.4, -0.2) is 47.7 Å². The Labute approximate surface area is 231 Å². The average Bonchev–Trinajstić information content (AvgIpc) is 3.75. The van der Waals surface area contributed by atoms with Gasteiger partial charge in [-0.15, -0.1) is 0 Å². The minimum atomic E-state index is -1.38. The fourth-order valence-corrected chi connectivity index (χ4v) is 5.02. The molecule has 0 saturated heterocycles. The van der Waals surface area contributed by atoms with Gasteiger partial charge >= 0.3 is 18.0 Å². The summed E-state index contributed by atoms with van der Waals surface area (Å²) >= 11 is 0. The molecule has 9 heteroatoms. The third-order valence-electron chi connectivity index (χ3n) is 7.22. The highest BCUT2D eigenvalue weighted by Crippen LogP contribution is 2.44.